The van der Waals surface area contributed by atoms with Crippen molar-refractivity contribution in [3.63, 3.8) is 0 Å². The minimum absolute atomic E-state index is 0.0885. The Morgan fingerprint density at radius 3 is 2.27 bits per heavy atom. The molecule has 0 atom stereocenters. The Balaban J connectivity index is 1.49. The molecule has 2 aromatic rings. The highest BCUT2D eigenvalue weighted by molar-refractivity contribution is 6.30. The molecule has 0 saturated heterocycles. The van der Waals surface area contributed by atoms with Crippen molar-refractivity contribution >= 4 is 17.7 Å². The molecule has 0 N–H and O–H groups in total. The fraction of sp³-hybridized carbons (Fsp3) is 0.567. The third-order valence-electron chi connectivity index (χ3n) is 7.23. The molecular weight excluding hydrogens is 545 g/mol. The predicted molar refractivity (Wildman–Crippen MR) is 149 cm³/mol. The monoisotopic (exact) mass is 584 g/mol. The van der Waals surface area contributed by atoms with Crippen LogP contribution < -0.4 is 4.74 Å². The molecule has 0 spiro atoms. The van der Waals surface area contributed by atoms with Gasteiger partial charge in [0, 0.05) is 43.0 Å². The SMILES string of the molecule is COCCN(C)CCCCCCOC1CCC(N(Cc2cc(F)c(F)cc2F)C(=O)Oc2ccc(Cl)cc2)CC1. The van der Waals surface area contributed by atoms with Crippen molar-refractivity contribution in [2.75, 3.05) is 40.5 Å². The highest BCUT2D eigenvalue weighted by atomic mass is 35.5. The van der Waals surface area contributed by atoms with Gasteiger partial charge in [-0.25, -0.2) is 18.0 Å². The molecule has 3 rings (SSSR count). The van der Waals surface area contributed by atoms with Crippen molar-refractivity contribution in [1.82, 2.24) is 9.80 Å². The van der Waals surface area contributed by atoms with Gasteiger partial charge < -0.3 is 24.0 Å². The lowest BCUT2D eigenvalue weighted by atomic mass is 9.91. The number of hydrogen-bond acceptors (Lipinski definition) is 5. The van der Waals surface area contributed by atoms with Crippen molar-refractivity contribution in [3.8, 4) is 5.75 Å². The summed E-state index contributed by atoms with van der Waals surface area (Å²) in [4.78, 5) is 16.8. The number of amides is 1. The summed E-state index contributed by atoms with van der Waals surface area (Å²) in [5.41, 5.74) is -0.116. The summed E-state index contributed by atoms with van der Waals surface area (Å²) in [6.07, 6.45) is 6.52. The van der Waals surface area contributed by atoms with Gasteiger partial charge in [0.25, 0.3) is 0 Å². The van der Waals surface area contributed by atoms with E-state index in [1.165, 1.54) is 4.90 Å². The molecule has 1 fully saturated rings. The molecule has 40 heavy (non-hydrogen) atoms. The van der Waals surface area contributed by atoms with Gasteiger partial charge in [0.15, 0.2) is 11.6 Å². The molecule has 0 aliphatic heterocycles. The Labute approximate surface area is 240 Å². The number of benzene rings is 2. The molecular formula is C30H40ClF3N2O4. The summed E-state index contributed by atoms with van der Waals surface area (Å²) < 4.78 is 58.5. The molecule has 6 nitrogen and oxygen atoms in total. The molecule has 1 saturated carbocycles. The van der Waals surface area contributed by atoms with Gasteiger partial charge in [0.2, 0.25) is 0 Å². The molecule has 0 bridgehead atoms. The number of rotatable bonds is 15. The van der Waals surface area contributed by atoms with Crippen LogP contribution >= 0.6 is 11.6 Å². The third-order valence-corrected chi connectivity index (χ3v) is 7.48. The number of carbonyl (C=O) groups is 1. The van der Waals surface area contributed by atoms with Gasteiger partial charge in [0.05, 0.1) is 19.3 Å². The smallest absolute Gasteiger partial charge is 0.410 e. The van der Waals surface area contributed by atoms with Crippen LogP contribution in [-0.4, -0.2) is 68.5 Å². The van der Waals surface area contributed by atoms with Crippen LogP contribution in [0.5, 0.6) is 5.75 Å². The predicted octanol–water partition coefficient (Wildman–Crippen LogP) is 7.22. The zero-order valence-electron chi connectivity index (χ0n) is 23.4. The Morgan fingerprint density at radius 1 is 0.900 bits per heavy atom. The minimum atomic E-state index is -1.27. The van der Waals surface area contributed by atoms with Gasteiger partial charge in [-0.3, -0.25) is 0 Å². The van der Waals surface area contributed by atoms with Crippen molar-refractivity contribution in [2.45, 2.75) is 70.1 Å². The summed E-state index contributed by atoms with van der Waals surface area (Å²) in [6.45, 7) is 3.19. The molecule has 0 aromatic heterocycles. The number of likely N-dealkylation sites (N-methyl/N-ethyl adjacent to an activating group) is 1. The Kier molecular flexibility index (Phi) is 13.5. The van der Waals surface area contributed by atoms with Crippen LogP contribution in [0.2, 0.25) is 5.02 Å². The number of halogens is 4. The van der Waals surface area contributed by atoms with Gasteiger partial charge in [-0.15, -0.1) is 0 Å². The second-order valence-corrected chi connectivity index (χ2v) is 10.8. The minimum Gasteiger partial charge on any atom is -0.410 e. The first-order chi connectivity index (χ1) is 19.3. The van der Waals surface area contributed by atoms with Crippen LogP contribution in [0.25, 0.3) is 0 Å². The van der Waals surface area contributed by atoms with Gasteiger partial charge >= 0.3 is 6.09 Å². The van der Waals surface area contributed by atoms with E-state index in [4.69, 9.17) is 25.8 Å². The highest BCUT2D eigenvalue weighted by Crippen LogP contribution is 2.29. The second kappa shape index (κ2) is 16.8. The molecule has 0 unspecified atom stereocenters. The van der Waals surface area contributed by atoms with Crippen LogP contribution in [0.3, 0.4) is 0 Å². The molecule has 10 heteroatoms. The number of hydrogen-bond donors (Lipinski definition) is 0. The van der Waals surface area contributed by atoms with Crippen molar-refractivity contribution in [3.05, 3.63) is 64.4 Å². The van der Waals surface area contributed by atoms with Gasteiger partial charge in [-0.05, 0) is 82.4 Å². The lowest BCUT2D eigenvalue weighted by molar-refractivity contribution is 0.00653. The summed E-state index contributed by atoms with van der Waals surface area (Å²) >= 11 is 5.92. The normalized spacial score (nSPS) is 17.3. The van der Waals surface area contributed by atoms with Crippen LogP contribution in [0.4, 0.5) is 18.0 Å². The van der Waals surface area contributed by atoms with Gasteiger partial charge in [0.1, 0.15) is 11.6 Å². The first-order valence-electron chi connectivity index (χ1n) is 13.9. The summed E-state index contributed by atoms with van der Waals surface area (Å²) in [7, 11) is 3.82. The summed E-state index contributed by atoms with van der Waals surface area (Å²) in [5, 5.41) is 0.490. The second-order valence-electron chi connectivity index (χ2n) is 10.3. The molecule has 222 valence electrons. The van der Waals surface area contributed by atoms with E-state index in [9.17, 15) is 18.0 Å². The molecule has 2 aromatic carbocycles. The van der Waals surface area contributed by atoms with Crippen LogP contribution in [0.15, 0.2) is 36.4 Å². The van der Waals surface area contributed by atoms with E-state index < -0.39 is 23.5 Å². The van der Waals surface area contributed by atoms with E-state index in [1.54, 1.807) is 31.4 Å². The molecule has 1 amide bonds. The Bertz CT molecular complexity index is 1050. The zero-order chi connectivity index (χ0) is 28.9. The highest BCUT2D eigenvalue weighted by Gasteiger charge is 2.31. The van der Waals surface area contributed by atoms with E-state index >= 15 is 0 Å². The fourth-order valence-electron chi connectivity index (χ4n) is 4.84. The first-order valence-corrected chi connectivity index (χ1v) is 14.3. The molecule has 0 heterocycles. The molecule has 0 radical (unpaired) electrons. The Morgan fingerprint density at radius 2 is 1.57 bits per heavy atom. The number of unbranched alkanes of at least 4 members (excludes halogenated alkanes) is 3. The van der Waals surface area contributed by atoms with E-state index in [2.05, 4.69) is 11.9 Å². The van der Waals surface area contributed by atoms with Crippen molar-refractivity contribution < 1.29 is 32.2 Å². The molecule has 1 aliphatic carbocycles. The van der Waals surface area contributed by atoms with Crippen LogP contribution in [0.1, 0.15) is 56.9 Å². The van der Waals surface area contributed by atoms with E-state index in [0.717, 1.165) is 64.3 Å². The largest absolute Gasteiger partial charge is 0.415 e. The zero-order valence-corrected chi connectivity index (χ0v) is 24.1. The van der Waals surface area contributed by atoms with Gasteiger partial charge in [-0.2, -0.15) is 0 Å². The quantitative estimate of drug-likeness (QED) is 0.163. The van der Waals surface area contributed by atoms with Crippen molar-refractivity contribution in [1.29, 1.82) is 0 Å². The molecule has 1 aliphatic rings. The summed E-state index contributed by atoms with van der Waals surface area (Å²) in [6, 6.07) is 7.32. The lowest BCUT2D eigenvalue weighted by Gasteiger charge is -2.36. The fourth-order valence-corrected chi connectivity index (χ4v) is 4.97. The number of methoxy groups -OCH3 is 1. The standard InChI is InChI=1S/C30H40ClF3N2O4/c1-35(16-18-38-2)15-5-3-4-6-17-39-25-13-9-24(10-14-25)36(21-22-19-28(33)29(34)20-27(22)32)30(37)40-26-11-7-23(31)8-12-26/h7-8,11-12,19-20,24-25H,3-6,9-10,13-18,21H2,1-2H3. The average molecular weight is 585 g/mol. The average Bonchev–Trinajstić information content (AvgIpc) is 2.94. The number of carbonyl (C=O) groups excluding carboxylic acids is 1. The number of ether oxygens (including phenoxy) is 3. The maximum atomic E-state index is 14.5. The van der Waals surface area contributed by atoms with Gasteiger partial charge in [-0.1, -0.05) is 24.4 Å². The van der Waals surface area contributed by atoms with Crippen molar-refractivity contribution in [2.24, 2.45) is 0 Å². The van der Waals surface area contributed by atoms with E-state index in [0.29, 0.717) is 30.5 Å². The van der Waals surface area contributed by atoms with E-state index in [1.807, 2.05) is 0 Å². The first kappa shape index (κ1) is 32.2. The topological polar surface area (TPSA) is 51.2 Å². The van der Waals surface area contributed by atoms with Crippen LogP contribution in [-0.2, 0) is 16.0 Å². The summed E-state index contributed by atoms with van der Waals surface area (Å²) in [5.74, 6) is -3.08. The van der Waals surface area contributed by atoms with E-state index in [-0.39, 0.29) is 30.0 Å². The maximum Gasteiger partial charge on any atom is 0.415 e. The third kappa shape index (κ3) is 10.6. The Hall–Kier alpha value is -2.33. The van der Waals surface area contributed by atoms with Crippen LogP contribution in [0, 0.1) is 17.5 Å². The maximum absolute atomic E-state index is 14.5. The number of nitrogens with zero attached hydrogens (tertiary/aromatic N) is 2. The lowest BCUT2D eigenvalue weighted by Crippen LogP contribution is -2.44.